The molecule has 178 valence electrons. The number of hydrogen-bond donors (Lipinski definition) is 3. The zero-order chi connectivity index (χ0) is 23.9. The third-order valence-electron chi connectivity index (χ3n) is 7.54. The number of nitrogens with zero attached hydrogens (tertiary/aromatic N) is 2. The molecule has 0 radical (unpaired) electrons. The normalized spacial score (nSPS) is 25.8. The van der Waals surface area contributed by atoms with Crippen LogP contribution in [0.15, 0.2) is 30.1 Å². The van der Waals surface area contributed by atoms with Crippen LogP contribution < -0.4 is 16.0 Å². The quantitative estimate of drug-likeness (QED) is 0.495. The van der Waals surface area contributed by atoms with Crippen LogP contribution in [0.2, 0.25) is 0 Å². The van der Waals surface area contributed by atoms with Gasteiger partial charge in [0.15, 0.2) is 0 Å². The lowest BCUT2D eigenvalue weighted by atomic mass is 9.61. The molecular weight excluding hydrogens is 406 g/mol. The van der Waals surface area contributed by atoms with Gasteiger partial charge in [-0.15, -0.1) is 0 Å². The van der Waals surface area contributed by atoms with Gasteiger partial charge in [0.05, 0.1) is 17.9 Å². The number of aromatic nitrogens is 1. The minimum atomic E-state index is 0.00591. The van der Waals surface area contributed by atoms with Crippen LogP contribution in [0, 0.1) is 27.6 Å². The number of hydrogen-bond acceptors (Lipinski definition) is 5. The maximum atomic E-state index is 9.09. The average molecular weight is 448 g/mol. The molecule has 0 spiro atoms. The monoisotopic (exact) mass is 447 g/mol. The molecule has 1 unspecified atom stereocenters. The topological polar surface area (TPSA) is 72.8 Å². The Morgan fingerprint density at radius 3 is 2.42 bits per heavy atom. The van der Waals surface area contributed by atoms with Crippen molar-refractivity contribution >= 4 is 11.3 Å². The Hall–Kier alpha value is -2.48. The molecule has 33 heavy (non-hydrogen) atoms. The van der Waals surface area contributed by atoms with Crippen LogP contribution in [0.5, 0.6) is 0 Å². The Morgan fingerprint density at radius 1 is 1.09 bits per heavy atom. The Morgan fingerprint density at radius 2 is 1.82 bits per heavy atom. The summed E-state index contributed by atoms with van der Waals surface area (Å²) >= 11 is 0. The van der Waals surface area contributed by atoms with E-state index in [0.717, 1.165) is 24.2 Å². The van der Waals surface area contributed by atoms with Crippen LogP contribution >= 0.6 is 0 Å². The third-order valence-corrected chi connectivity index (χ3v) is 7.54. The van der Waals surface area contributed by atoms with Crippen LogP contribution in [0.25, 0.3) is 5.57 Å². The van der Waals surface area contributed by atoms with Crippen molar-refractivity contribution in [2.24, 2.45) is 16.2 Å². The third kappa shape index (κ3) is 5.72. The smallest absolute Gasteiger partial charge is 0.131 e. The molecule has 3 aliphatic rings. The van der Waals surface area contributed by atoms with E-state index in [2.05, 4.69) is 81.8 Å². The molecule has 0 aromatic carbocycles. The molecule has 5 heteroatoms. The molecule has 1 atom stereocenters. The van der Waals surface area contributed by atoms with Crippen LogP contribution in [0.1, 0.15) is 97.4 Å². The number of pyridine rings is 1. The van der Waals surface area contributed by atoms with E-state index in [1.54, 1.807) is 6.20 Å². The summed E-state index contributed by atoms with van der Waals surface area (Å²) < 4.78 is 0. The van der Waals surface area contributed by atoms with Gasteiger partial charge in [-0.2, -0.15) is 5.26 Å². The molecule has 1 fully saturated rings. The summed E-state index contributed by atoms with van der Waals surface area (Å²) in [5.74, 6) is 0.498. The molecule has 1 aliphatic heterocycles. The van der Waals surface area contributed by atoms with Gasteiger partial charge in [-0.05, 0) is 72.5 Å². The van der Waals surface area contributed by atoms with Crippen LogP contribution in [0.3, 0.4) is 0 Å². The second-order valence-electron chi connectivity index (χ2n) is 12.8. The van der Waals surface area contributed by atoms with Crippen molar-refractivity contribution < 1.29 is 0 Å². The lowest BCUT2D eigenvalue weighted by Gasteiger charge is -2.45. The molecule has 2 aliphatic carbocycles. The Bertz CT molecular complexity index is 976. The molecule has 1 saturated carbocycles. The van der Waals surface area contributed by atoms with E-state index in [4.69, 9.17) is 10.2 Å². The van der Waals surface area contributed by atoms with Gasteiger partial charge in [0.1, 0.15) is 17.9 Å². The number of allylic oxidation sites excluding steroid dienone is 3. The van der Waals surface area contributed by atoms with Crippen molar-refractivity contribution in [3.05, 3.63) is 41.5 Å². The van der Waals surface area contributed by atoms with E-state index in [1.165, 1.54) is 37.0 Å². The predicted octanol–water partition coefficient (Wildman–Crippen LogP) is 6.29. The van der Waals surface area contributed by atoms with Gasteiger partial charge in [0.25, 0.3) is 0 Å². The summed E-state index contributed by atoms with van der Waals surface area (Å²) in [5.41, 5.74) is 6.45. The van der Waals surface area contributed by atoms with Gasteiger partial charge in [-0.25, -0.2) is 0 Å². The first kappa shape index (κ1) is 23.7. The summed E-state index contributed by atoms with van der Waals surface area (Å²) in [5, 5.41) is 19.1. The minimum absolute atomic E-state index is 0.00591. The minimum Gasteiger partial charge on any atom is -0.379 e. The number of anilines is 1. The van der Waals surface area contributed by atoms with Crippen molar-refractivity contribution in [1.29, 1.82) is 5.26 Å². The summed E-state index contributed by atoms with van der Waals surface area (Å²) in [6.45, 7) is 15.0. The van der Waals surface area contributed by atoms with Gasteiger partial charge in [0, 0.05) is 17.8 Å². The molecule has 4 rings (SSSR count). The van der Waals surface area contributed by atoms with E-state index < -0.39 is 0 Å². The molecule has 0 saturated heterocycles. The fourth-order valence-electron chi connectivity index (χ4n) is 6.28. The lowest BCUT2D eigenvalue weighted by Crippen LogP contribution is -2.38. The molecule has 5 nitrogen and oxygen atoms in total. The molecular formula is C28H41N5. The Balaban J connectivity index is 1.60. The highest BCUT2D eigenvalue weighted by atomic mass is 15.2. The Kier molecular flexibility index (Phi) is 6.24. The standard InChI is InChI=1S/C28H41N5/c1-26(2)11-9-19(10-12-26)25-23(30-17-24-31-16-21(15-29)32-24)8-7-22(33-25)20-13-27(3,4)18-28(5,6)14-20/h7-9,16,20,24,30-32H,10-14,17-18H2,1-6H3. The highest BCUT2D eigenvalue weighted by Crippen LogP contribution is 2.51. The highest BCUT2D eigenvalue weighted by molar-refractivity contribution is 5.74. The average Bonchev–Trinajstić information content (AvgIpc) is 3.18. The maximum absolute atomic E-state index is 9.09. The summed E-state index contributed by atoms with van der Waals surface area (Å²) in [6, 6.07) is 6.64. The van der Waals surface area contributed by atoms with Gasteiger partial charge in [0.2, 0.25) is 0 Å². The number of nitriles is 1. The second kappa shape index (κ2) is 8.70. The second-order valence-corrected chi connectivity index (χ2v) is 12.8. The highest BCUT2D eigenvalue weighted by Gasteiger charge is 2.39. The van der Waals surface area contributed by atoms with Crippen molar-refractivity contribution in [2.45, 2.75) is 92.2 Å². The van der Waals surface area contributed by atoms with E-state index in [-0.39, 0.29) is 6.17 Å². The van der Waals surface area contributed by atoms with Crippen LogP contribution in [-0.2, 0) is 0 Å². The fourth-order valence-corrected chi connectivity index (χ4v) is 6.28. The van der Waals surface area contributed by atoms with Gasteiger partial charge < -0.3 is 16.0 Å². The molecule has 1 aromatic rings. The zero-order valence-corrected chi connectivity index (χ0v) is 21.3. The molecule has 2 heterocycles. The molecule has 3 N–H and O–H groups in total. The van der Waals surface area contributed by atoms with Crippen LogP contribution in [-0.4, -0.2) is 17.7 Å². The Labute approximate surface area is 200 Å². The maximum Gasteiger partial charge on any atom is 0.131 e. The summed E-state index contributed by atoms with van der Waals surface area (Å²) in [7, 11) is 0. The first-order valence-electron chi connectivity index (χ1n) is 12.5. The first-order valence-corrected chi connectivity index (χ1v) is 12.5. The fraction of sp³-hybridized carbons (Fsp3) is 0.643. The SMILES string of the molecule is CC1(C)CC=C(c2nc(C3CC(C)(C)CC(C)(C)C3)ccc2NCC2NC=C(C#N)N2)CC1. The zero-order valence-electron chi connectivity index (χ0n) is 21.3. The van der Waals surface area contributed by atoms with Gasteiger partial charge >= 0.3 is 0 Å². The van der Waals surface area contributed by atoms with E-state index in [9.17, 15) is 0 Å². The summed E-state index contributed by atoms with van der Waals surface area (Å²) in [6.07, 6.45) is 11.2. The van der Waals surface area contributed by atoms with Crippen molar-refractivity contribution in [2.75, 3.05) is 11.9 Å². The molecule has 0 amide bonds. The van der Waals surface area contributed by atoms with Crippen molar-refractivity contribution in [3.8, 4) is 6.07 Å². The molecule has 0 bridgehead atoms. The molecule has 1 aromatic heterocycles. The van der Waals surface area contributed by atoms with Crippen molar-refractivity contribution in [1.82, 2.24) is 15.6 Å². The van der Waals surface area contributed by atoms with Crippen LogP contribution in [0.4, 0.5) is 5.69 Å². The number of rotatable bonds is 5. The first-order chi connectivity index (χ1) is 15.5. The predicted molar refractivity (Wildman–Crippen MR) is 136 cm³/mol. The van der Waals surface area contributed by atoms with E-state index in [0.29, 0.717) is 34.4 Å². The van der Waals surface area contributed by atoms with Gasteiger partial charge in [-0.1, -0.05) is 47.6 Å². The largest absolute Gasteiger partial charge is 0.379 e. The van der Waals surface area contributed by atoms with Gasteiger partial charge in [-0.3, -0.25) is 4.98 Å². The van der Waals surface area contributed by atoms with E-state index in [1.807, 2.05) is 0 Å². The van der Waals surface area contributed by atoms with Crippen molar-refractivity contribution in [3.63, 3.8) is 0 Å². The summed E-state index contributed by atoms with van der Waals surface area (Å²) in [4.78, 5) is 5.34. The number of nitrogens with one attached hydrogen (secondary N) is 3. The van der Waals surface area contributed by atoms with E-state index >= 15 is 0 Å². The lowest BCUT2D eigenvalue weighted by molar-refractivity contribution is 0.0955.